The molecule has 1 aliphatic rings. The van der Waals surface area contributed by atoms with Gasteiger partial charge in [0.2, 0.25) is 5.91 Å². The lowest BCUT2D eigenvalue weighted by Crippen LogP contribution is -2.37. The van der Waals surface area contributed by atoms with Gasteiger partial charge in [-0.2, -0.15) is 13.9 Å². The maximum atomic E-state index is 13.3. The van der Waals surface area contributed by atoms with E-state index in [2.05, 4.69) is 36.3 Å². The van der Waals surface area contributed by atoms with E-state index >= 15 is 0 Å². The molecule has 0 bridgehead atoms. The quantitative estimate of drug-likeness (QED) is 0.388. The first-order chi connectivity index (χ1) is 16.7. The number of hydrogen-bond donors (Lipinski definition) is 3. The number of hydrazine groups is 1. The van der Waals surface area contributed by atoms with Crippen molar-refractivity contribution in [2.24, 2.45) is 13.0 Å². The molecule has 12 nitrogen and oxygen atoms in total. The van der Waals surface area contributed by atoms with Gasteiger partial charge in [0, 0.05) is 33.1 Å². The van der Waals surface area contributed by atoms with Crippen LogP contribution in [0.5, 0.6) is 5.75 Å². The average Bonchev–Trinajstić information content (AvgIpc) is 3.55. The molecule has 2 aromatic heterocycles. The Labute approximate surface area is 198 Å². The Morgan fingerprint density at radius 2 is 1.97 bits per heavy atom. The molecule has 0 unspecified atom stereocenters. The van der Waals surface area contributed by atoms with Gasteiger partial charge in [0.1, 0.15) is 6.33 Å². The summed E-state index contributed by atoms with van der Waals surface area (Å²) in [6.07, 6.45) is 3.00. The predicted octanol–water partition coefficient (Wildman–Crippen LogP) is 2.17. The van der Waals surface area contributed by atoms with Gasteiger partial charge in [0.25, 0.3) is 5.91 Å². The highest BCUT2D eigenvalue weighted by Crippen LogP contribution is 2.38. The summed E-state index contributed by atoms with van der Waals surface area (Å²) in [5.41, 5.74) is 2.83. The van der Waals surface area contributed by atoms with Gasteiger partial charge < -0.3 is 15.4 Å². The lowest BCUT2D eigenvalue weighted by Gasteiger charge is -2.18. The standard InChI is InChI=1S/C21H23F2N9O3/c1-31(2)30-20(34)16-14(9-15(27-28-16)26-19(33)11-7-8-11)25-13-6-4-5-12(17(13)35-21(22)23)18-24-10-32(3)29-18/h4-6,9-11,21H,7-8H2,1-3H3,(H,30,34)(H2,25,26,27,33). The van der Waals surface area contributed by atoms with E-state index < -0.39 is 12.5 Å². The summed E-state index contributed by atoms with van der Waals surface area (Å²) < 4.78 is 32.9. The zero-order valence-electron chi connectivity index (χ0n) is 19.1. The minimum atomic E-state index is -3.14. The molecule has 0 spiro atoms. The number of carbonyl (C=O) groups is 2. The topological polar surface area (TPSA) is 139 Å². The van der Waals surface area contributed by atoms with E-state index in [9.17, 15) is 18.4 Å². The number of halogens is 2. The second kappa shape index (κ2) is 9.97. The van der Waals surface area contributed by atoms with Crippen molar-refractivity contribution in [2.75, 3.05) is 24.7 Å². The number of benzene rings is 1. The van der Waals surface area contributed by atoms with Crippen LogP contribution < -0.4 is 20.8 Å². The summed E-state index contributed by atoms with van der Waals surface area (Å²) >= 11 is 0. The van der Waals surface area contributed by atoms with Crippen molar-refractivity contribution in [3.8, 4) is 17.1 Å². The Balaban J connectivity index is 1.75. The van der Waals surface area contributed by atoms with Crippen LogP contribution in [0.4, 0.5) is 26.0 Å². The molecule has 2 heterocycles. The van der Waals surface area contributed by atoms with Crippen molar-refractivity contribution in [1.29, 1.82) is 0 Å². The Kier molecular flexibility index (Phi) is 6.82. The molecule has 0 aliphatic heterocycles. The fourth-order valence-electron chi connectivity index (χ4n) is 3.18. The van der Waals surface area contributed by atoms with E-state index in [0.717, 1.165) is 12.8 Å². The molecule has 0 radical (unpaired) electrons. The van der Waals surface area contributed by atoms with Gasteiger partial charge in [-0.3, -0.25) is 19.7 Å². The highest BCUT2D eigenvalue weighted by Gasteiger charge is 2.30. The third kappa shape index (κ3) is 5.84. The molecule has 14 heteroatoms. The molecule has 1 aliphatic carbocycles. The summed E-state index contributed by atoms with van der Waals surface area (Å²) in [7, 11) is 4.86. The highest BCUT2D eigenvalue weighted by molar-refractivity contribution is 6.00. The number of amides is 2. The van der Waals surface area contributed by atoms with Crippen LogP contribution in [0.15, 0.2) is 30.6 Å². The number of carbonyl (C=O) groups excluding carboxylic acids is 2. The predicted molar refractivity (Wildman–Crippen MR) is 121 cm³/mol. The molecule has 1 saturated carbocycles. The van der Waals surface area contributed by atoms with Gasteiger partial charge in [-0.1, -0.05) is 6.07 Å². The van der Waals surface area contributed by atoms with Crippen LogP contribution in [0.25, 0.3) is 11.4 Å². The number of para-hydroxylation sites is 1. The Bertz CT molecular complexity index is 1240. The first kappa shape index (κ1) is 23.9. The van der Waals surface area contributed by atoms with Crippen LogP contribution in [0.3, 0.4) is 0 Å². The lowest BCUT2D eigenvalue weighted by molar-refractivity contribution is -0.117. The number of nitrogens with zero attached hydrogens (tertiary/aromatic N) is 6. The number of aryl methyl sites for hydroxylation is 1. The van der Waals surface area contributed by atoms with Crippen LogP contribution in [0.1, 0.15) is 23.3 Å². The number of ether oxygens (including phenoxy) is 1. The summed E-state index contributed by atoms with van der Waals surface area (Å²) in [6, 6.07) is 6.01. The van der Waals surface area contributed by atoms with E-state index in [1.54, 1.807) is 27.2 Å². The zero-order chi connectivity index (χ0) is 25.1. The number of alkyl halides is 2. The van der Waals surface area contributed by atoms with Gasteiger partial charge in [0.15, 0.2) is 23.1 Å². The monoisotopic (exact) mass is 487 g/mol. The maximum Gasteiger partial charge on any atom is 0.387 e. The van der Waals surface area contributed by atoms with E-state index in [4.69, 9.17) is 4.74 Å². The first-order valence-electron chi connectivity index (χ1n) is 10.6. The Morgan fingerprint density at radius 1 is 1.20 bits per heavy atom. The van der Waals surface area contributed by atoms with Crippen molar-refractivity contribution < 1.29 is 23.1 Å². The minimum Gasteiger partial charge on any atom is -0.432 e. The van der Waals surface area contributed by atoms with Gasteiger partial charge in [-0.15, -0.1) is 10.2 Å². The number of nitrogens with one attached hydrogen (secondary N) is 3. The fraction of sp³-hybridized carbons (Fsp3) is 0.333. The smallest absolute Gasteiger partial charge is 0.387 e. The van der Waals surface area contributed by atoms with Crippen LogP contribution in [-0.4, -0.2) is 62.5 Å². The van der Waals surface area contributed by atoms with Gasteiger partial charge in [-0.25, -0.2) is 9.99 Å². The molecule has 3 N–H and O–H groups in total. The third-order valence-corrected chi connectivity index (χ3v) is 4.87. The molecule has 0 saturated heterocycles. The molecule has 184 valence electrons. The second-order valence-electron chi connectivity index (χ2n) is 8.02. The normalized spacial score (nSPS) is 13.1. The number of aromatic nitrogens is 5. The summed E-state index contributed by atoms with van der Waals surface area (Å²) in [4.78, 5) is 29.0. The van der Waals surface area contributed by atoms with Crippen molar-refractivity contribution in [3.63, 3.8) is 0 Å². The fourth-order valence-corrected chi connectivity index (χ4v) is 3.18. The third-order valence-electron chi connectivity index (χ3n) is 4.87. The summed E-state index contributed by atoms with van der Waals surface area (Å²) in [5, 5.41) is 19.0. The molecule has 3 aromatic rings. The van der Waals surface area contributed by atoms with Gasteiger partial charge >= 0.3 is 6.61 Å². The highest BCUT2D eigenvalue weighted by atomic mass is 19.3. The van der Waals surface area contributed by atoms with Gasteiger partial charge in [0.05, 0.1) is 16.9 Å². The van der Waals surface area contributed by atoms with Gasteiger partial charge in [-0.05, 0) is 25.0 Å². The van der Waals surface area contributed by atoms with Crippen molar-refractivity contribution in [2.45, 2.75) is 19.5 Å². The van der Waals surface area contributed by atoms with Crippen molar-refractivity contribution in [1.82, 2.24) is 35.4 Å². The first-order valence-corrected chi connectivity index (χ1v) is 10.6. The number of rotatable bonds is 9. The van der Waals surface area contributed by atoms with Crippen molar-refractivity contribution in [3.05, 3.63) is 36.3 Å². The second-order valence-corrected chi connectivity index (χ2v) is 8.02. The molecule has 1 fully saturated rings. The van der Waals surface area contributed by atoms with E-state index in [-0.39, 0.29) is 51.8 Å². The Hall–Kier alpha value is -4.20. The molecular weight excluding hydrogens is 464 g/mol. The molecule has 0 atom stereocenters. The van der Waals surface area contributed by atoms with E-state index in [1.807, 2.05) is 0 Å². The molecule has 4 rings (SSSR count). The SMILES string of the molecule is CN(C)NC(=O)c1nnc(NC(=O)C2CC2)cc1Nc1cccc(-c2ncn(C)n2)c1OC(F)F. The summed E-state index contributed by atoms with van der Waals surface area (Å²) in [5.74, 6) is -0.858. The summed E-state index contributed by atoms with van der Waals surface area (Å²) in [6.45, 7) is -3.14. The average molecular weight is 487 g/mol. The lowest BCUT2D eigenvalue weighted by atomic mass is 10.1. The Morgan fingerprint density at radius 3 is 2.60 bits per heavy atom. The molecule has 1 aromatic carbocycles. The molecule has 2 amide bonds. The molecular formula is C21H23F2N9O3. The van der Waals surface area contributed by atoms with Crippen LogP contribution in [-0.2, 0) is 11.8 Å². The largest absolute Gasteiger partial charge is 0.432 e. The maximum absolute atomic E-state index is 13.3. The van der Waals surface area contributed by atoms with E-state index in [0.29, 0.717) is 0 Å². The van der Waals surface area contributed by atoms with Crippen LogP contribution in [0.2, 0.25) is 0 Å². The minimum absolute atomic E-state index is 0.0847. The zero-order valence-corrected chi connectivity index (χ0v) is 19.1. The van der Waals surface area contributed by atoms with Crippen LogP contribution >= 0.6 is 0 Å². The number of anilines is 3. The van der Waals surface area contributed by atoms with Crippen LogP contribution in [0, 0.1) is 5.92 Å². The number of hydrogen-bond acceptors (Lipinski definition) is 9. The van der Waals surface area contributed by atoms with E-state index in [1.165, 1.54) is 34.2 Å². The molecule has 35 heavy (non-hydrogen) atoms. The van der Waals surface area contributed by atoms with Crippen molar-refractivity contribution >= 4 is 29.0 Å².